The molecule has 3 aromatic carbocycles. The fraction of sp³-hybridized carbons (Fsp3) is 0.371. The Balaban J connectivity index is 1.71. The molecule has 0 aliphatic carbocycles. The highest BCUT2D eigenvalue weighted by Crippen LogP contribution is 2.43. The molecule has 1 amide bonds. The number of carbonyl (C=O) groups is 2. The van der Waals surface area contributed by atoms with Crippen molar-refractivity contribution < 1.29 is 50.1 Å². The van der Waals surface area contributed by atoms with Crippen LogP contribution in [0.2, 0.25) is 0 Å². The largest absolute Gasteiger partial charge is 0.462 e. The number of alkyl halides is 6. The van der Waals surface area contributed by atoms with Crippen molar-refractivity contribution >= 4 is 23.7 Å². The number of carbonyl (C=O) groups excluding carboxylic acids is 2. The van der Waals surface area contributed by atoms with E-state index >= 15 is 0 Å². The number of halogens is 7. The van der Waals surface area contributed by atoms with Gasteiger partial charge < -0.3 is 14.2 Å². The summed E-state index contributed by atoms with van der Waals surface area (Å²) in [7, 11) is 0. The van der Waals surface area contributed by atoms with E-state index in [-0.39, 0.29) is 49.4 Å². The second-order valence-electron chi connectivity index (χ2n) is 11.4. The minimum Gasteiger partial charge on any atom is -0.462 e. The van der Waals surface area contributed by atoms with Gasteiger partial charge in [0.2, 0.25) is 0 Å². The fourth-order valence-electron chi connectivity index (χ4n) is 5.57. The number of piperidine rings is 1. The van der Waals surface area contributed by atoms with Crippen LogP contribution in [0.15, 0.2) is 90.0 Å². The molecule has 3 atom stereocenters. The fourth-order valence-corrected chi connectivity index (χ4v) is 5.80. The lowest BCUT2D eigenvalue weighted by Crippen LogP contribution is -2.57. The molecule has 0 saturated carbocycles. The Hall–Kier alpha value is -4.03. The van der Waals surface area contributed by atoms with Crippen LogP contribution in [0.25, 0.3) is 0 Å². The first-order chi connectivity index (χ1) is 22.6. The number of nitrogens with zero attached hydrogens (tertiary/aromatic N) is 1. The highest BCUT2D eigenvalue weighted by atomic mass is 35.5. The van der Waals surface area contributed by atoms with E-state index < -0.39 is 53.1 Å². The van der Waals surface area contributed by atoms with Gasteiger partial charge >= 0.3 is 24.4 Å². The van der Waals surface area contributed by atoms with E-state index in [0.717, 1.165) is 0 Å². The quantitative estimate of drug-likeness (QED) is 0.120. The summed E-state index contributed by atoms with van der Waals surface area (Å²) in [5, 5.41) is -0.165. The molecule has 1 unspecified atom stereocenters. The summed E-state index contributed by atoms with van der Waals surface area (Å²) in [6.45, 7) is 2.70. The van der Waals surface area contributed by atoms with Crippen molar-refractivity contribution in [2.24, 2.45) is 5.92 Å². The molecule has 258 valence electrons. The van der Waals surface area contributed by atoms with Gasteiger partial charge in [-0.25, -0.2) is 9.59 Å². The first-order valence-corrected chi connectivity index (χ1v) is 15.5. The van der Waals surface area contributed by atoms with Crippen molar-refractivity contribution in [1.82, 2.24) is 4.90 Å². The Bertz CT molecular complexity index is 1550. The standard InChI is InChI=1S/C35H34ClF6NO5/c1-3-46-31(44)30(36)16-25-14-15-33(27-12-8-5-9-13-27,43(20-25)32(45)47-21-24-10-6-4-7-11-24)22-48-23(2)26-17-28(34(37,38)39)19-29(18-26)35(40,41)42/h4-13,16-19,23,25H,3,14-15,20-22H2,1-2H3/b30-16-/t23-,25?,33+/m1/s1. The van der Waals surface area contributed by atoms with Gasteiger partial charge in [-0.1, -0.05) is 78.3 Å². The van der Waals surface area contributed by atoms with Gasteiger partial charge in [-0.15, -0.1) is 0 Å². The molecule has 1 aliphatic heterocycles. The molecule has 13 heteroatoms. The first kappa shape index (κ1) is 36.8. The average Bonchev–Trinajstić information content (AvgIpc) is 3.06. The van der Waals surface area contributed by atoms with Crippen molar-refractivity contribution in [3.8, 4) is 0 Å². The molecule has 0 aromatic heterocycles. The van der Waals surface area contributed by atoms with Crippen LogP contribution in [0.5, 0.6) is 0 Å². The molecule has 1 aliphatic rings. The van der Waals surface area contributed by atoms with E-state index in [4.69, 9.17) is 25.8 Å². The van der Waals surface area contributed by atoms with Gasteiger partial charge in [0.15, 0.2) is 0 Å². The molecule has 0 N–H and O–H groups in total. The summed E-state index contributed by atoms with van der Waals surface area (Å²) in [6.07, 6.45) is -9.96. The van der Waals surface area contributed by atoms with Crippen LogP contribution >= 0.6 is 11.6 Å². The predicted octanol–water partition coefficient (Wildman–Crippen LogP) is 9.43. The van der Waals surface area contributed by atoms with Crippen LogP contribution in [0.3, 0.4) is 0 Å². The minimum atomic E-state index is -5.03. The van der Waals surface area contributed by atoms with Gasteiger partial charge in [-0.05, 0) is 67.5 Å². The molecule has 0 spiro atoms. The summed E-state index contributed by atoms with van der Waals surface area (Å²) in [5.41, 5.74) is -3.21. The van der Waals surface area contributed by atoms with E-state index in [1.165, 1.54) is 17.9 Å². The second kappa shape index (κ2) is 15.5. The summed E-state index contributed by atoms with van der Waals surface area (Å²) in [4.78, 5) is 27.6. The minimum absolute atomic E-state index is 0.00232. The molecule has 1 saturated heterocycles. The highest BCUT2D eigenvalue weighted by molar-refractivity contribution is 6.41. The molecule has 3 aromatic rings. The maximum Gasteiger partial charge on any atom is 0.416 e. The van der Waals surface area contributed by atoms with Crippen molar-refractivity contribution in [1.29, 1.82) is 0 Å². The topological polar surface area (TPSA) is 65.1 Å². The van der Waals surface area contributed by atoms with Gasteiger partial charge in [0.1, 0.15) is 11.6 Å². The Morgan fingerprint density at radius 1 is 0.938 bits per heavy atom. The van der Waals surface area contributed by atoms with Crippen molar-refractivity contribution in [3.05, 3.63) is 118 Å². The lowest BCUT2D eigenvalue weighted by Gasteiger charge is -2.49. The number of esters is 1. The summed E-state index contributed by atoms with van der Waals surface area (Å²) in [6, 6.07) is 18.9. The third-order valence-corrected chi connectivity index (χ3v) is 8.38. The van der Waals surface area contributed by atoms with Gasteiger partial charge in [-0.2, -0.15) is 26.3 Å². The lowest BCUT2D eigenvalue weighted by atomic mass is 9.77. The molecule has 0 radical (unpaired) electrons. The van der Waals surface area contributed by atoms with Crippen LogP contribution in [0.4, 0.5) is 31.1 Å². The van der Waals surface area contributed by atoms with E-state index in [0.29, 0.717) is 29.7 Å². The van der Waals surface area contributed by atoms with Crippen molar-refractivity contribution in [3.63, 3.8) is 0 Å². The summed E-state index contributed by atoms with van der Waals surface area (Å²) < 4.78 is 98.4. The van der Waals surface area contributed by atoms with Gasteiger partial charge in [0, 0.05) is 6.54 Å². The number of hydrogen-bond acceptors (Lipinski definition) is 5. The molecule has 1 heterocycles. The zero-order valence-electron chi connectivity index (χ0n) is 26.1. The van der Waals surface area contributed by atoms with Gasteiger partial charge in [0.05, 0.1) is 36.0 Å². The van der Waals surface area contributed by atoms with Crippen LogP contribution in [0, 0.1) is 5.92 Å². The molecule has 6 nitrogen and oxygen atoms in total. The number of amides is 1. The third-order valence-electron chi connectivity index (χ3n) is 8.10. The second-order valence-corrected chi connectivity index (χ2v) is 11.8. The predicted molar refractivity (Wildman–Crippen MR) is 166 cm³/mol. The van der Waals surface area contributed by atoms with E-state index in [2.05, 4.69) is 0 Å². The summed E-state index contributed by atoms with van der Waals surface area (Å²) >= 11 is 6.23. The van der Waals surface area contributed by atoms with E-state index in [9.17, 15) is 35.9 Å². The average molecular weight is 698 g/mol. The molecule has 1 fully saturated rings. The number of hydrogen-bond donors (Lipinski definition) is 0. The van der Waals surface area contributed by atoms with Crippen LogP contribution in [-0.2, 0) is 43.5 Å². The smallest absolute Gasteiger partial charge is 0.416 e. The number of likely N-dealkylation sites (tertiary alicyclic amines) is 1. The molecular formula is C35H34ClF6NO5. The maximum absolute atomic E-state index is 13.9. The zero-order chi connectivity index (χ0) is 35.1. The van der Waals surface area contributed by atoms with E-state index in [1.54, 1.807) is 67.6 Å². The lowest BCUT2D eigenvalue weighted by molar-refractivity contribution is -0.143. The number of benzene rings is 3. The van der Waals surface area contributed by atoms with Crippen LogP contribution in [-0.4, -0.2) is 36.7 Å². The molecule has 4 rings (SSSR count). The van der Waals surface area contributed by atoms with Crippen molar-refractivity contribution in [2.75, 3.05) is 19.8 Å². The van der Waals surface area contributed by atoms with Crippen LogP contribution < -0.4 is 0 Å². The summed E-state index contributed by atoms with van der Waals surface area (Å²) in [5.74, 6) is -1.16. The van der Waals surface area contributed by atoms with Crippen LogP contribution in [0.1, 0.15) is 60.6 Å². The SMILES string of the molecule is CCOC(=O)/C(Cl)=C/C1CC[C@](CO[C@H](C)c2cc(C(F)(F)F)cc(C(F)(F)F)c2)(c2ccccc2)N(C(=O)OCc2ccccc2)C1. The van der Waals surface area contributed by atoms with Gasteiger partial charge in [0.25, 0.3) is 0 Å². The Morgan fingerprint density at radius 3 is 2.08 bits per heavy atom. The van der Waals surface area contributed by atoms with E-state index in [1.807, 2.05) is 0 Å². The molecule has 0 bridgehead atoms. The monoisotopic (exact) mass is 697 g/mol. The molecular weight excluding hydrogens is 664 g/mol. The van der Waals surface area contributed by atoms with Crippen molar-refractivity contribution in [2.45, 2.75) is 57.3 Å². The molecule has 48 heavy (non-hydrogen) atoms. The number of rotatable bonds is 10. The first-order valence-electron chi connectivity index (χ1n) is 15.1. The van der Waals surface area contributed by atoms with Gasteiger partial charge in [-0.3, -0.25) is 4.90 Å². The Labute approximate surface area is 279 Å². The highest BCUT2D eigenvalue weighted by Gasteiger charge is 2.47. The Morgan fingerprint density at radius 2 is 1.52 bits per heavy atom. The third kappa shape index (κ3) is 9.10. The zero-order valence-corrected chi connectivity index (χ0v) is 26.9. The normalized spacial score (nSPS) is 19.5. The number of ether oxygens (including phenoxy) is 3. The maximum atomic E-state index is 13.9. The Kier molecular flexibility index (Phi) is 11.9.